The van der Waals surface area contributed by atoms with Gasteiger partial charge in [0.25, 0.3) is 0 Å². The molecule has 6 nitrogen and oxygen atoms in total. The highest BCUT2D eigenvalue weighted by molar-refractivity contribution is 6.33. The van der Waals surface area contributed by atoms with Gasteiger partial charge < -0.3 is 0 Å². The summed E-state index contributed by atoms with van der Waals surface area (Å²) in [4.78, 5) is 60.9. The van der Waals surface area contributed by atoms with E-state index in [1.165, 1.54) is 4.90 Å². The van der Waals surface area contributed by atoms with Gasteiger partial charge in [-0.2, -0.15) is 0 Å². The van der Waals surface area contributed by atoms with Crippen LogP contribution in [0.5, 0.6) is 0 Å². The summed E-state index contributed by atoms with van der Waals surface area (Å²) in [7, 11) is 0. The SMILES string of the molecule is Cc1ccc(C[C@@]23C(=O)N(c4ccc(Cl)cc4)C(=O)[C@@H]2c2cc(C)ccc2[C@H]2C(=O)N(c4ccc(Cl)cc4)C(=O)[C@@H]23)cc1. The number of rotatable bonds is 4. The zero-order valence-electron chi connectivity index (χ0n) is 23.4. The fourth-order valence-electron chi connectivity index (χ4n) is 7.24. The number of imide groups is 2. The van der Waals surface area contributed by atoms with E-state index in [-0.39, 0.29) is 6.42 Å². The number of carbonyl (C=O) groups is 4. The molecule has 0 saturated carbocycles. The fraction of sp³-hybridized carbons (Fsp3) is 0.200. The van der Waals surface area contributed by atoms with Crippen molar-refractivity contribution in [3.8, 4) is 0 Å². The average Bonchev–Trinajstić information content (AvgIpc) is 3.38. The summed E-state index contributed by atoms with van der Waals surface area (Å²) in [5.41, 5.74) is 3.14. The standard InChI is InChI=1S/C35H26Cl2N2O4/c1-19-3-6-21(7-4-19)18-35-29(32(41)39(34(35)43)25-14-10-23(37)11-15-25)27-17-20(2)5-16-26(27)28-30(35)33(42)38(31(28)40)24-12-8-22(36)9-13-24/h3-17,28-30H,18H2,1-2H3/t28-,29+,30-,35-/m1/s1. The highest BCUT2D eigenvalue weighted by Crippen LogP contribution is 2.63. The van der Waals surface area contributed by atoms with Crippen molar-refractivity contribution in [1.29, 1.82) is 0 Å². The molecule has 2 aliphatic heterocycles. The van der Waals surface area contributed by atoms with E-state index in [9.17, 15) is 19.2 Å². The van der Waals surface area contributed by atoms with Gasteiger partial charge in [-0.1, -0.05) is 76.8 Å². The van der Waals surface area contributed by atoms with Gasteiger partial charge in [-0.05, 0) is 85.5 Å². The van der Waals surface area contributed by atoms with Crippen molar-refractivity contribution in [3.63, 3.8) is 0 Å². The number of amides is 4. The van der Waals surface area contributed by atoms with Gasteiger partial charge in [0.15, 0.2) is 0 Å². The van der Waals surface area contributed by atoms with Gasteiger partial charge in [-0.25, -0.2) is 9.80 Å². The molecule has 8 heteroatoms. The molecule has 0 unspecified atom stereocenters. The molecule has 4 amide bonds. The highest BCUT2D eigenvalue weighted by atomic mass is 35.5. The summed E-state index contributed by atoms with van der Waals surface area (Å²) in [6.45, 7) is 3.88. The van der Waals surface area contributed by atoms with Crippen LogP contribution in [0.15, 0.2) is 91.0 Å². The molecule has 2 heterocycles. The topological polar surface area (TPSA) is 74.8 Å². The first-order chi connectivity index (χ1) is 20.6. The molecule has 4 atom stereocenters. The first kappa shape index (κ1) is 27.6. The predicted molar refractivity (Wildman–Crippen MR) is 165 cm³/mol. The van der Waals surface area contributed by atoms with Crippen LogP contribution >= 0.6 is 23.2 Å². The third kappa shape index (κ3) is 4.00. The van der Waals surface area contributed by atoms with Gasteiger partial charge in [0.05, 0.1) is 34.5 Å². The number of fused-ring (bicyclic) bond motifs is 6. The van der Waals surface area contributed by atoms with E-state index in [1.54, 1.807) is 48.5 Å². The Balaban J connectivity index is 1.50. The van der Waals surface area contributed by atoms with Crippen LogP contribution in [0.4, 0.5) is 11.4 Å². The number of nitrogens with zero attached hydrogens (tertiary/aromatic N) is 2. The number of benzene rings is 4. The molecule has 4 aromatic rings. The number of carbonyl (C=O) groups excluding carboxylic acids is 4. The zero-order valence-corrected chi connectivity index (χ0v) is 24.9. The summed E-state index contributed by atoms with van der Waals surface area (Å²) in [5.74, 6) is -4.86. The van der Waals surface area contributed by atoms with Crippen LogP contribution in [-0.4, -0.2) is 23.6 Å². The largest absolute Gasteiger partial charge is 0.274 e. The van der Waals surface area contributed by atoms with Crippen LogP contribution < -0.4 is 9.80 Å². The first-order valence-electron chi connectivity index (χ1n) is 14.0. The molecule has 0 N–H and O–H groups in total. The molecule has 0 aromatic heterocycles. The average molecular weight is 610 g/mol. The van der Waals surface area contributed by atoms with Gasteiger partial charge in [-0.15, -0.1) is 0 Å². The van der Waals surface area contributed by atoms with E-state index in [0.29, 0.717) is 32.5 Å². The molecule has 2 fully saturated rings. The fourth-order valence-corrected chi connectivity index (χ4v) is 7.50. The smallest absolute Gasteiger partial charge is 0.242 e. The first-order valence-corrected chi connectivity index (χ1v) is 14.8. The number of aryl methyl sites for hydroxylation is 2. The Labute approximate surface area is 258 Å². The van der Waals surface area contributed by atoms with Crippen molar-refractivity contribution >= 4 is 58.2 Å². The van der Waals surface area contributed by atoms with E-state index in [1.807, 2.05) is 56.3 Å². The number of halogens is 2. The predicted octanol–water partition coefficient (Wildman–Crippen LogP) is 6.78. The van der Waals surface area contributed by atoms with Crippen LogP contribution in [0, 0.1) is 25.2 Å². The summed E-state index contributed by atoms with van der Waals surface area (Å²) in [6.07, 6.45) is 0.106. The number of hydrogen-bond donors (Lipinski definition) is 0. The zero-order chi connectivity index (χ0) is 30.2. The lowest BCUT2D eigenvalue weighted by molar-refractivity contribution is -0.138. The Hall–Kier alpha value is -4.26. The second kappa shape index (κ2) is 9.90. The van der Waals surface area contributed by atoms with Gasteiger partial charge in [0, 0.05) is 10.0 Å². The summed E-state index contributed by atoms with van der Waals surface area (Å²) in [6, 6.07) is 26.3. The Morgan fingerprint density at radius 2 is 1.19 bits per heavy atom. The molecule has 0 spiro atoms. The third-order valence-electron chi connectivity index (χ3n) is 9.12. The molecular formula is C35H26Cl2N2O4. The lowest BCUT2D eigenvalue weighted by Gasteiger charge is -2.43. The molecule has 43 heavy (non-hydrogen) atoms. The monoisotopic (exact) mass is 608 g/mol. The van der Waals surface area contributed by atoms with Crippen LogP contribution in [0.2, 0.25) is 10.0 Å². The second-order valence-corrected chi connectivity index (χ2v) is 12.5. The molecule has 2 saturated heterocycles. The number of anilines is 2. The number of hydrogen-bond acceptors (Lipinski definition) is 4. The van der Waals surface area contributed by atoms with Crippen molar-refractivity contribution in [2.24, 2.45) is 11.3 Å². The van der Waals surface area contributed by atoms with Crippen LogP contribution in [0.3, 0.4) is 0 Å². The molecule has 214 valence electrons. The van der Waals surface area contributed by atoms with Gasteiger partial charge in [0.1, 0.15) is 0 Å². The Morgan fingerprint density at radius 1 is 0.628 bits per heavy atom. The van der Waals surface area contributed by atoms with Gasteiger partial charge in [0.2, 0.25) is 23.6 Å². The maximum Gasteiger partial charge on any atom is 0.242 e. The van der Waals surface area contributed by atoms with Crippen molar-refractivity contribution in [3.05, 3.63) is 129 Å². The van der Waals surface area contributed by atoms with Gasteiger partial charge in [-0.3, -0.25) is 19.2 Å². The highest BCUT2D eigenvalue weighted by Gasteiger charge is 2.73. The Bertz CT molecular complexity index is 1840. The van der Waals surface area contributed by atoms with Gasteiger partial charge >= 0.3 is 0 Å². The molecule has 7 rings (SSSR count). The molecule has 1 aliphatic carbocycles. The molecule has 3 aliphatic rings. The molecule has 0 radical (unpaired) electrons. The maximum absolute atomic E-state index is 15.0. The van der Waals surface area contributed by atoms with E-state index in [4.69, 9.17) is 23.2 Å². The van der Waals surface area contributed by atoms with Crippen molar-refractivity contribution in [2.45, 2.75) is 32.1 Å². The minimum Gasteiger partial charge on any atom is -0.274 e. The minimum absolute atomic E-state index is 0.106. The van der Waals surface area contributed by atoms with Crippen LogP contribution in [-0.2, 0) is 25.6 Å². The molecule has 4 aromatic carbocycles. The minimum atomic E-state index is -1.55. The van der Waals surface area contributed by atoms with Crippen molar-refractivity contribution < 1.29 is 19.2 Å². The normalized spacial score (nSPS) is 24.3. The van der Waals surface area contributed by atoms with E-state index < -0.39 is 46.8 Å². The van der Waals surface area contributed by atoms with Crippen molar-refractivity contribution in [2.75, 3.05) is 9.80 Å². The Morgan fingerprint density at radius 3 is 1.79 bits per heavy atom. The summed E-state index contributed by atoms with van der Waals surface area (Å²) in [5, 5.41) is 0.929. The second-order valence-electron chi connectivity index (χ2n) is 11.7. The lowest BCUT2D eigenvalue weighted by atomic mass is 9.54. The van der Waals surface area contributed by atoms with Crippen molar-refractivity contribution in [1.82, 2.24) is 0 Å². The Kier molecular flexibility index (Phi) is 6.35. The third-order valence-corrected chi connectivity index (χ3v) is 9.62. The quantitative estimate of drug-likeness (QED) is 0.239. The van der Waals surface area contributed by atoms with E-state index >= 15 is 0 Å². The van der Waals surface area contributed by atoms with Crippen LogP contribution in [0.25, 0.3) is 0 Å². The maximum atomic E-state index is 15.0. The summed E-state index contributed by atoms with van der Waals surface area (Å²) < 4.78 is 0. The van der Waals surface area contributed by atoms with E-state index in [0.717, 1.165) is 21.6 Å². The molecule has 0 bridgehead atoms. The molecular weight excluding hydrogens is 583 g/mol. The summed E-state index contributed by atoms with van der Waals surface area (Å²) >= 11 is 12.3. The van der Waals surface area contributed by atoms with Crippen LogP contribution in [0.1, 0.15) is 39.7 Å². The lowest BCUT2D eigenvalue weighted by Crippen LogP contribution is -2.51. The van der Waals surface area contributed by atoms with E-state index in [2.05, 4.69) is 0 Å².